The van der Waals surface area contributed by atoms with Crippen LogP contribution in [-0.2, 0) is 20.9 Å². The van der Waals surface area contributed by atoms with Gasteiger partial charge in [0.25, 0.3) is 0 Å². The fourth-order valence-corrected chi connectivity index (χ4v) is 8.70. The maximum absolute atomic E-state index is 14.0. The third kappa shape index (κ3) is 5.39. The van der Waals surface area contributed by atoms with Crippen LogP contribution in [0.15, 0.2) is 88.7 Å². The maximum atomic E-state index is 14.0. The van der Waals surface area contributed by atoms with Gasteiger partial charge in [0.15, 0.2) is 0 Å². The maximum Gasteiger partial charge on any atom is 0.308 e. The topological polar surface area (TPSA) is 91.7 Å². The standard InChI is InChI=1S/C32H29ClN4O4S2/c1-3-35(4-2)22-16-10-19(11-17-22)25-26-27(30(40)37(29(26)39)23-8-6-5-7-9-23)42-31-28(25)43-32(41)36(31)18-24(38)34-21-14-12-20(33)13-15-21/h5-17,25-27H,3-4,18H2,1-2H3,(H,34,38)/t25-,26-,27+/m0/s1. The molecule has 0 saturated carbocycles. The Balaban J connectivity index is 1.40. The first kappa shape index (κ1) is 29.2. The van der Waals surface area contributed by atoms with Crippen molar-refractivity contribution in [1.29, 1.82) is 0 Å². The van der Waals surface area contributed by atoms with E-state index in [9.17, 15) is 19.2 Å². The SMILES string of the molecule is CCN(CC)c1ccc([C@@H]2c3sc(=O)n(CC(=O)Nc4ccc(Cl)cc4)c3S[C@H]3C(=O)N(c4ccccc4)C(=O)[C@@H]23)cc1. The van der Waals surface area contributed by atoms with Crippen LogP contribution >= 0.6 is 34.7 Å². The van der Waals surface area contributed by atoms with E-state index >= 15 is 0 Å². The van der Waals surface area contributed by atoms with Gasteiger partial charge in [0.2, 0.25) is 17.7 Å². The van der Waals surface area contributed by atoms with E-state index in [2.05, 4.69) is 24.1 Å². The number of amides is 3. The van der Waals surface area contributed by atoms with E-state index in [-0.39, 0.29) is 29.1 Å². The Morgan fingerprint density at radius 3 is 2.23 bits per heavy atom. The second kappa shape index (κ2) is 12.0. The zero-order valence-corrected chi connectivity index (χ0v) is 25.9. The van der Waals surface area contributed by atoms with Gasteiger partial charge in [0.05, 0.1) is 16.6 Å². The van der Waals surface area contributed by atoms with Gasteiger partial charge in [-0.05, 0) is 67.9 Å². The van der Waals surface area contributed by atoms with Crippen molar-refractivity contribution >= 4 is 69.5 Å². The van der Waals surface area contributed by atoms with Crippen molar-refractivity contribution in [3.8, 4) is 0 Å². The number of nitrogens with zero attached hydrogens (tertiary/aromatic N) is 3. The molecule has 6 rings (SSSR count). The summed E-state index contributed by atoms with van der Waals surface area (Å²) in [5, 5.41) is 3.16. The number of anilines is 3. The van der Waals surface area contributed by atoms with E-state index in [4.69, 9.17) is 11.6 Å². The van der Waals surface area contributed by atoms with E-state index < -0.39 is 17.1 Å². The molecule has 0 radical (unpaired) electrons. The number of benzene rings is 3. The van der Waals surface area contributed by atoms with Crippen LogP contribution in [-0.4, -0.2) is 40.6 Å². The Hall–Kier alpha value is -3.86. The average molecular weight is 633 g/mol. The molecule has 3 amide bonds. The first-order chi connectivity index (χ1) is 20.8. The van der Waals surface area contributed by atoms with Crippen LogP contribution in [0.3, 0.4) is 0 Å². The lowest BCUT2D eigenvalue weighted by molar-refractivity contribution is -0.122. The quantitative estimate of drug-likeness (QED) is 0.245. The van der Waals surface area contributed by atoms with Crippen LogP contribution in [0.25, 0.3) is 0 Å². The number of aromatic nitrogens is 1. The molecule has 1 fully saturated rings. The highest BCUT2D eigenvalue weighted by Gasteiger charge is 2.56. The molecule has 43 heavy (non-hydrogen) atoms. The summed E-state index contributed by atoms with van der Waals surface area (Å²) in [6, 6.07) is 23.6. The normalized spacial score (nSPS) is 19.2. The third-order valence-electron chi connectivity index (χ3n) is 7.87. The van der Waals surface area contributed by atoms with Gasteiger partial charge < -0.3 is 10.2 Å². The molecule has 1 saturated heterocycles. The number of imide groups is 1. The van der Waals surface area contributed by atoms with Gasteiger partial charge >= 0.3 is 4.87 Å². The van der Waals surface area contributed by atoms with E-state index in [0.717, 1.165) is 35.7 Å². The molecule has 0 spiro atoms. The number of thioether (sulfide) groups is 1. The summed E-state index contributed by atoms with van der Waals surface area (Å²) in [7, 11) is 0. The number of carbonyl (C=O) groups is 3. The van der Waals surface area contributed by atoms with Crippen LogP contribution < -0.4 is 20.0 Å². The predicted octanol–water partition coefficient (Wildman–Crippen LogP) is 5.84. The summed E-state index contributed by atoms with van der Waals surface area (Å²) >= 11 is 8.21. The molecule has 1 aromatic heterocycles. The summed E-state index contributed by atoms with van der Waals surface area (Å²) in [5.74, 6) is -2.20. The van der Waals surface area contributed by atoms with Gasteiger partial charge in [0.1, 0.15) is 11.8 Å². The molecular formula is C32H29ClN4O4S2. The minimum atomic E-state index is -0.743. The van der Waals surface area contributed by atoms with E-state index in [1.807, 2.05) is 30.3 Å². The molecule has 3 aromatic carbocycles. The van der Waals surface area contributed by atoms with E-state index in [0.29, 0.717) is 26.3 Å². The van der Waals surface area contributed by atoms with Crippen molar-refractivity contribution < 1.29 is 14.4 Å². The molecule has 11 heteroatoms. The summed E-state index contributed by atoms with van der Waals surface area (Å²) in [5.41, 5.74) is 2.98. The zero-order valence-electron chi connectivity index (χ0n) is 23.5. The highest BCUT2D eigenvalue weighted by molar-refractivity contribution is 8.00. The Labute approximate surface area is 262 Å². The summed E-state index contributed by atoms with van der Waals surface area (Å²) in [6.07, 6.45) is 0. The number of para-hydroxylation sites is 1. The van der Waals surface area contributed by atoms with Crippen LogP contribution in [0, 0.1) is 5.92 Å². The summed E-state index contributed by atoms with van der Waals surface area (Å²) in [4.78, 5) is 58.2. The Kier molecular flexibility index (Phi) is 8.17. The second-order valence-electron chi connectivity index (χ2n) is 10.3. The molecule has 220 valence electrons. The lowest BCUT2D eigenvalue weighted by atomic mass is 9.83. The Morgan fingerprint density at radius 2 is 1.58 bits per heavy atom. The zero-order chi connectivity index (χ0) is 30.2. The van der Waals surface area contributed by atoms with E-state index in [1.54, 1.807) is 48.5 Å². The molecule has 0 bridgehead atoms. The van der Waals surface area contributed by atoms with Crippen LogP contribution in [0.5, 0.6) is 0 Å². The van der Waals surface area contributed by atoms with Crippen molar-refractivity contribution in [2.45, 2.75) is 36.6 Å². The number of carbonyl (C=O) groups excluding carboxylic acids is 3. The summed E-state index contributed by atoms with van der Waals surface area (Å²) in [6.45, 7) is 5.67. The molecule has 1 N–H and O–H groups in total. The van der Waals surface area contributed by atoms with Crippen molar-refractivity contribution in [1.82, 2.24) is 4.57 Å². The fourth-order valence-electron chi connectivity index (χ4n) is 5.80. The van der Waals surface area contributed by atoms with Gasteiger partial charge in [-0.15, -0.1) is 0 Å². The number of fused-ring (bicyclic) bond motifs is 2. The van der Waals surface area contributed by atoms with Crippen LogP contribution in [0.2, 0.25) is 5.02 Å². The van der Waals surface area contributed by atoms with Crippen LogP contribution in [0.4, 0.5) is 17.1 Å². The predicted molar refractivity (Wildman–Crippen MR) is 173 cm³/mol. The first-order valence-corrected chi connectivity index (χ1v) is 16.1. The van der Waals surface area contributed by atoms with Crippen LogP contribution in [0.1, 0.15) is 30.2 Å². The lowest BCUT2D eigenvalue weighted by Gasteiger charge is -2.31. The monoisotopic (exact) mass is 632 g/mol. The highest BCUT2D eigenvalue weighted by Crippen LogP contribution is 2.54. The summed E-state index contributed by atoms with van der Waals surface area (Å²) < 4.78 is 1.42. The van der Waals surface area contributed by atoms with Gasteiger partial charge in [-0.3, -0.25) is 23.7 Å². The number of rotatable bonds is 8. The highest BCUT2D eigenvalue weighted by atomic mass is 35.5. The third-order valence-corrected chi connectivity index (χ3v) is 10.7. The number of hydrogen-bond acceptors (Lipinski definition) is 7. The van der Waals surface area contributed by atoms with Crippen molar-refractivity contribution in [2.24, 2.45) is 5.92 Å². The first-order valence-electron chi connectivity index (χ1n) is 14.0. The Morgan fingerprint density at radius 1 is 0.907 bits per heavy atom. The lowest BCUT2D eigenvalue weighted by Crippen LogP contribution is -2.33. The van der Waals surface area contributed by atoms with Gasteiger partial charge in [-0.1, -0.05) is 65.0 Å². The largest absolute Gasteiger partial charge is 0.372 e. The molecular weight excluding hydrogens is 604 g/mol. The second-order valence-corrected chi connectivity index (χ2v) is 12.9. The van der Waals surface area contributed by atoms with Crippen molar-refractivity contribution in [2.75, 3.05) is 28.2 Å². The molecule has 3 atom stereocenters. The molecule has 0 aliphatic carbocycles. The molecule has 4 aromatic rings. The molecule has 2 aliphatic heterocycles. The average Bonchev–Trinajstić information content (AvgIpc) is 3.46. The number of nitrogens with one attached hydrogen (secondary N) is 1. The molecule has 3 heterocycles. The fraction of sp³-hybridized carbons (Fsp3) is 0.250. The number of thiazole rings is 1. The number of halogens is 1. The van der Waals surface area contributed by atoms with Gasteiger partial charge in [0, 0.05) is 40.3 Å². The molecule has 8 nitrogen and oxygen atoms in total. The van der Waals surface area contributed by atoms with Gasteiger partial charge in [-0.2, -0.15) is 0 Å². The van der Waals surface area contributed by atoms with E-state index in [1.165, 1.54) is 21.2 Å². The Bertz CT molecular complexity index is 1730. The minimum absolute atomic E-state index is 0.226. The van der Waals surface area contributed by atoms with Crippen molar-refractivity contribution in [3.05, 3.63) is 104 Å². The van der Waals surface area contributed by atoms with Crippen molar-refractivity contribution in [3.63, 3.8) is 0 Å². The molecule has 2 aliphatic rings. The smallest absolute Gasteiger partial charge is 0.308 e. The minimum Gasteiger partial charge on any atom is -0.372 e. The number of hydrogen-bond donors (Lipinski definition) is 1. The van der Waals surface area contributed by atoms with Gasteiger partial charge in [-0.25, -0.2) is 4.90 Å². The molecule has 0 unspecified atom stereocenters.